The number of nitrogens with zero attached hydrogens (tertiary/aromatic N) is 2. The Hall–Kier alpha value is -3.85. The second-order valence-electron chi connectivity index (χ2n) is 10.9. The van der Waals surface area contributed by atoms with Gasteiger partial charge in [0.2, 0.25) is 5.91 Å². The standard InChI is InChI=1S/C33H36F3N3O3/c1-3-42-30(40)27-21-24(14-13-23(27)2)39-19-17-38(18-20-39)16-8-15-32(31(41)37-22-33(34,35)36)28-11-6-4-9-25(28)26-10-5-7-12-29(26)32/h4-7,9-14,21H,3,8,15-20,22H2,1-2H3,(H,37,41). The number of carbonyl (C=O) groups excluding carboxylic acids is 2. The van der Waals surface area contributed by atoms with Crippen molar-refractivity contribution >= 4 is 17.6 Å². The van der Waals surface area contributed by atoms with Gasteiger partial charge in [0.1, 0.15) is 12.0 Å². The zero-order chi connectivity index (χ0) is 29.9. The van der Waals surface area contributed by atoms with E-state index in [4.69, 9.17) is 4.74 Å². The molecule has 1 saturated heterocycles. The van der Waals surface area contributed by atoms with E-state index in [0.717, 1.165) is 59.7 Å². The number of benzene rings is 3. The lowest BCUT2D eigenvalue weighted by Crippen LogP contribution is -2.48. The molecule has 1 amide bonds. The van der Waals surface area contributed by atoms with E-state index in [9.17, 15) is 22.8 Å². The van der Waals surface area contributed by atoms with Crippen molar-refractivity contribution in [1.29, 1.82) is 0 Å². The number of fused-ring (bicyclic) bond motifs is 3. The van der Waals surface area contributed by atoms with Crippen LogP contribution in [0.4, 0.5) is 18.9 Å². The van der Waals surface area contributed by atoms with Crippen molar-refractivity contribution in [2.75, 3.05) is 50.8 Å². The van der Waals surface area contributed by atoms with Gasteiger partial charge < -0.3 is 15.0 Å². The number of halogens is 3. The SMILES string of the molecule is CCOC(=O)c1cc(N2CCN(CCCC3(C(=O)NCC(F)(F)F)c4ccccc4-c4ccccc43)CC2)ccc1C. The maximum atomic E-state index is 13.7. The van der Waals surface area contributed by atoms with E-state index in [0.29, 0.717) is 31.6 Å². The highest BCUT2D eigenvalue weighted by molar-refractivity contribution is 6.00. The summed E-state index contributed by atoms with van der Waals surface area (Å²) in [5.74, 6) is -0.933. The normalized spacial score (nSPS) is 16.1. The van der Waals surface area contributed by atoms with Crippen LogP contribution < -0.4 is 10.2 Å². The van der Waals surface area contributed by atoms with Crippen LogP contribution >= 0.6 is 0 Å². The Bertz CT molecular complexity index is 1400. The smallest absolute Gasteiger partial charge is 0.405 e. The predicted molar refractivity (Wildman–Crippen MR) is 157 cm³/mol. The molecule has 1 N–H and O–H groups in total. The third kappa shape index (κ3) is 5.88. The number of piperazine rings is 1. The zero-order valence-corrected chi connectivity index (χ0v) is 24.0. The van der Waals surface area contributed by atoms with Gasteiger partial charge in [-0.2, -0.15) is 13.2 Å². The molecule has 1 fully saturated rings. The highest BCUT2D eigenvalue weighted by atomic mass is 19.4. The zero-order valence-electron chi connectivity index (χ0n) is 24.0. The number of aryl methyl sites for hydroxylation is 1. The summed E-state index contributed by atoms with van der Waals surface area (Å²) in [4.78, 5) is 30.6. The number of amides is 1. The summed E-state index contributed by atoms with van der Waals surface area (Å²) in [5, 5.41) is 2.21. The molecule has 0 radical (unpaired) electrons. The van der Waals surface area contributed by atoms with Crippen LogP contribution in [0, 0.1) is 6.92 Å². The Morgan fingerprint density at radius 2 is 1.55 bits per heavy atom. The molecule has 2 aliphatic rings. The van der Waals surface area contributed by atoms with E-state index >= 15 is 0 Å². The molecule has 5 rings (SSSR count). The second-order valence-corrected chi connectivity index (χ2v) is 10.9. The fourth-order valence-electron chi connectivity index (χ4n) is 6.32. The first-order valence-electron chi connectivity index (χ1n) is 14.4. The van der Waals surface area contributed by atoms with E-state index in [2.05, 4.69) is 15.1 Å². The third-order valence-corrected chi connectivity index (χ3v) is 8.38. The molecule has 1 aliphatic heterocycles. The molecule has 6 nitrogen and oxygen atoms in total. The Morgan fingerprint density at radius 3 is 2.14 bits per heavy atom. The molecule has 3 aromatic carbocycles. The summed E-state index contributed by atoms with van der Waals surface area (Å²) in [6.45, 7) is 6.49. The van der Waals surface area contributed by atoms with Gasteiger partial charge in [0.05, 0.1) is 12.2 Å². The van der Waals surface area contributed by atoms with Crippen molar-refractivity contribution in [2.24, 2.45) is 0 Å². The average Bonchev–Trinajstić information content (AvgIpc) is 3.27. The minimum absolute atomic E-state index is 0.321. The summed E-state index contributed by atoms with van der Waals surface area (Å²) in [6, 6.07) is 20.9. The lowest BCUT2D eigenvalue weighted by atomic mass is 9.73. The van der Waals surface area contributed by atoms with Gasteiger partial charge in [-0.15, -0.1) is 0 Å². The van der Waals surface area contributed by atoms with Crippen LogP contribution in [0.15, 0.2) is 66.7 Å². The highest BCUT2D eigenvalue weighted by Crippen LogP contribution is 2.51. The van der Waals surface area contributed by atoms with Crippen molar-refractivity contribution in [3.8, 4) is 11.1 Å². The summed E-state index contributed by atoms with van der Waals surface area (Å²) in [7, 11) is 0. The summed E-state index contributed by atoms with van der Waals surface area (Å²) >= 11 is 0. The molecule has 0 aromatic heterocycles. The van der Waals surface area contributed by atoms with Crippen molar-refractivity contribution in [3.63, 3.8) is 0 Å². The molecule has 0 atom stereocenters. The molecule has 9 heteroatoms. The van der Waals surface area contributed by atoms with E-state index in [1.807, 2.05) is 73.7 Å². The van der Waals surface area contributed by atoms with Gasteiger partial charge in [-0.3, -0.25) is 9.69 Å². The maximum Gasteiger partial charge on any atom is 0.405 e. The van der Waals surface area contributed by atoms with E-state index < -0.39 is 24.0 Å². The maximum absolute atomic E-state index is 13.7. The monoisotopic (exact) mass is 579 g/mol. The van der Waals surface area contributed by atoms with Crippen LogP contribution in [0.1, 0.15) is 46.8 Å². The van der Waals surface area contributed by atoms with Gasteiger partial charge in [-0.05, 0) is 73.2 Å². The van der Waals surface area contributed by atoms with E-state index in [-0.39, 0.29) is 5.97 Å². The molecular formula is C33H36F3N3O3. The van der Waals surface area contributed by atoms with Gasteiger partial charge in [0.15, 0.2) is 0 Å². The molecule has 42 heavy (non-hydrogen) atoms. The first-order valence-corrected chi connectivity index (χ1v) is 14.4. The lowest BCUT2D eigenvalue weighted by Gasteiger charge is -2.37. The van der Waals surface area contributed by atoms with Crippen LogP contribution in [-0.2, 0) is 14.9 Å². The van der Waals surface area contributed by atoms with Crippen molar-refractivity contribution in [2.45, 2.75) is 38.3 Å². The number of ether oxygens (including phenoxy) is 1. The molecule has 1 heterocycles. The summed E-state index contributed by atoms with van der Waals surface area (Å²) in [6.07, 6.45) is -3.46. The van der Waals surface area contributed by atoms with Crippen molar-refractivity contribution in [3.05, 3.63) is 89.0 Å². The van der Waals surface area contributed by atoms with Crippen LogP contribution in [0.25, 0.3) is 11.1 Å². The molecule has 0 spiro atoms. The molecular weight excluding hydrogens is 543 g/mol. The Morgan fingerprint density at radius 1 is 0.929 bits per heavy atom. The molecule has 0 unspecified atom stereocenters. The number of hydrogen-bond acceptors (Lipinski definition) is 5. The van der Waals surface area contributed by atoms with Gasteiger partial charge in [0, 0.05) is 31.9 Å². The first kappa shape index (κ1) is 29.6. The van der Waals surface area contributed by atoms with E-state index in [1.54, 1.807) is 6.92 Å². The van der Waals surface area contributed by atoms with Crippen LogP contribution in [0.2, 0.25) is 0 Å². The number of nitrogens with one attached hydrogen (secondary N) is 1. The van der Waals surface area contributed by atoms with Crippen molar-refractivity contribution < 1.29 is 27.5 Å². The number of esters is 1. The number of alkyl halides is 3. The predicted octanol–water partition coefficient (Wildman–Crippen LogP) is 5.72. The van der Waals surface area contributed by atoms with Gasteiger partial charge in [-0.1, -0.05) is 54.6 Å². The number of rotatable bonds is 9. The van der Waals surface area contributed by atoms with Gasteiger partial charge in [0.25, 0.3) is 0 Å². The van der Waals surface area contributed by atoms with Crippen LogP contribution in [0.3, 0.4) is 0 Å². The number of anilines is 1. The average molecular weight is 580 g/mol. The quantitative estimate of drug-likeness (QED) is 0.329. The van der Waals surface area contributed by atoms with Gasteiger partial charge in [-0.25, -0.2) is 4.79 Å². The summed E-state index contributed by atoms with van der Waals surface area (Å²) < 4.78 is 44.6. The Labute approximate surface area is 244 Å². The number of hydrogen-bond donors (Lipinski definition) is 1. The Balaban J connectivity index is 1.29. The van der Waals surface area contributed by atoms with Crippen LogP contribution in [0.5, 0.6) is 0 Å². The second kappa shape index (κ2) is 12.2. The molecule has 0 bridgehead atoms. The van der Waals surface area contributed by atoms with Crippen LogP contribution in [-0.4, -0.2) is 68.8 Å². The topological polar surface area (TPSA) is 61.9 Å². The summed E-state index contributed by atoms with van der Waals surface area (Å²) in [5.41, 5.74) is 4.53. The molecule has 0 saturated carbocycles. The minimum Gasteiger partial charge on any atom is -0.462 e. The number of carbonyl (C=O) groups is 2. The van der Waals surface area contributed by atoms with E-state index in [1.165, 1.54) is 0 Å². The molecule has 3 aromatic rings. The van der Waals surface area contributed by atoms with Gasteiger partial charge >= 0.3 is 12.1 Å². The first-order chi connectivity index (χ1) is 20.1. The largest absolute Gasteiger partial charge is 0.462 e. The molecule has 1 aliphatic carbocycles. The molecule has 222 valence electrons. The third-order valence-electron chi connectivity index (χ3n) is 8.38. The fraction of sp³-hybridized carbons (Fsp3) is 0.394. The Kier molecular flexibility index (Phi) is 8.59. The van der Waals surface area contributed by atoms with Crippen molar-refractivity contribution in [1.82, 2.24) is 10.2 Å². The minimum atomic E-state index is -4.50. The lowest BCUT2D eigenvalue weighted by molar-refractivity contribution is -0.141. The highest BCUT2D eigenvalue weighted by Gasteiger charge is 2.49. The fourth-order valence-corrected chi connectivity index (χ4v) is 6.32.